The normalized spacial score (nSPS) is 15.7. The largest absolute Gasteiger partial charge is 0.381 e. The first kappa shape index (κ1) is 15.8. The van der Waals surface area contributed by atoms with Crippen LogP contribution in [0.15, 0.2) is 24.4 Å². The van der Waals surface area contributed by atoms with E-state index in [4.69, 9.17) is 17.3 Å². The molecule has 0 atom stereocenters. The van der Waals surface area contributed by atoms with Crippen molar-refractivity contribution in [1.82, 2.24) is 14.9 Å². The molecule has 8 heteroatoms. The molecule has 1 aromatic heterocycles. The molecule has 0 spiro atoms. The summed E-state index contributed by atoms with van der Waals surface area (Å²) in [6, 6.07) is 5.66. The number of hydrogen-bond acceptors (Lipinski definition) is 6. The molecule has 1 aliphatic heterocycles. The summed E-state index contributed by atoms with van der Waals surface area (Å²) in [6.07, 6.45) is 1.03. The molecule has 0 radical (unpaired) electrons. The molecular weight excluding hydrogens is 319 g/mol. The van der Waals surface area contributed by atoms with Gasteiger partial charge in [0.25, 0.3) is 0 Å². The summed E-state index contributed by atoms with van der Waals surface area (Å²) in [5.74, 6) is -0.603. The average molecular weight is 337 g/mol. The summed E-state index contributed by atoms with van der Waals surface area (Å²) >= 11 is 6.40. The van der Waals surface area contributed by atoms with Crippen LogP contribution in [-0.2, 0) is 0 Å². The molecule has 0 unspecified atom stereocenters. The lowest BCUT2D eigenvalue weighted by molar-refractivity contribution is 0.313. The summed E-state index contributed by atoms with van der Waals surface area (Å²) in [5, 5.41) is 3.62. The fourth-order valence-electron chi connectivity index (χ4n) is 2.46. The monoisotopic (exact) mass is 336 g/mol. The number of nitrogens with zero attached hydrogens (tertiary/aromatic N) is 4. The van der Waals surface area contributed by atoms with E-state index in [1.807, 2.05) is 12.1 Å². The summed E-state index contributed by atoms with van der Waals surface area (Å²) in [6.45, 7) is 3.92. The molecule has 0 amide bonds. The maximum absolute atomic E-state index is 13.1. The van der Waals surface area contributed by atoms with Crippen LogP contribution in [0.5, 0.6) is 0 Å². The highest BCUT2D eigenvalue weighted by molar-refractivity contribution is 6.33. The Morgan fingerprint density at radius 2 is 2.00 bits per heavy atom. The summed E-state index contributed by atoms with van der Waals surface area (Å²) in [5.41, 5.74) is 7.16. The molecule has 0 bridgehead atoms. The number of rotatable bonds is 3. The zero-order chi connectivity index (χ0) is 16.4. The zero-order valence-corrected chi connectivity index (χ0v) is 13.5. The molecule has 1 saturated heterocycles. The van der Waals surface area contributed by atoms with Gasteiger partial charge in [-0.05, 0) is 25.2 Å². The van der Waals surface area contributed by atoms with Gasteiger partial charge >= 0.3 is 0 Å². The van der Waals surface area contributed by atoms with Crippen LogP contribution in [0.4, 0.5) is 27.5 Å². The predicted octanol–water partition coefficient (Wildman–Crippen LogP) is 2.35. The van der Waals surface area contributed by atoms with Crippen molar-refractivity contribution in [3.05, 3.63) is 35.2 Å². The minimum absolute atomic E-state index is 0.192. The van der Waals surface area contributed by atoms with Gasteiger partial charge in [-0.2, -0.15) is 4.98 Å². The summed E-state index contributed by atoms with van der Waals surface area (Å²) < 4.78 is 13.1. The Labute approximate surface area is 139 Å². The predicted molar refractivity (Wildman–Crippen MR) is 90.8 cm³/mol. The molecule has 1 fully saturated rings. The van der Waals surface area contributed by atoms with Crippen molar-refractivity contribution in [3.63, 3.8) is 0 Å². The van der Waals surface area contributed by atoms with Crippen LogP contribution < -0.4 is 16.0 Å². The molecule has 3 rings (SSSR count). The first-order valence-corrected chi connectivity index (χ1v) is 7.69. The maximum atomic E-state index is 13.1. The van der Waals surface area contributed by atoms with E-state index in [1.165, 1.54) is 0 Å². The molecule has 23 heavy (non-hydrogen) atoms. The molecule has 1 aliphatic rings. The average Bonchev–Trinajstić information content (AvgIpc) is 2.52. The number of benzene rings is 1. The Kier molecular flexibility index (Phi) is 4.49. The smallest absolute Gasteiger partial charge is 0.229 e. The number of hydrogen-bond donors (Lipinski definition) is 2. The van der Waals surface area contributed by atoms with Gasteiger partial charge in [-0.3, -0.25) is 0 Å². The fraction of sp³-hybridized carbons (Fsp3) is 0.333. The quantitative estimate of drug-likeness (QED) is 0.896. The summed E-state index contributed by atoms with van der Waals surface area (Å²) in [4.78, 5) is 12.2. The van der Waals surface area contributed by atoms with Crippen molar-refractivity contribution < 1.29 is 4.39 Å². The van der Waals surface area contributed by atoms with Gasteiger partial charge in [0.1, 0.15) is 0 Å². The Hall–Kier alpha value is -2.12. The number of anilines is 4. The van der Waals surface area contributed by atoms with Crippen molar-refractivity contribution in [3.8, 4) is 0 Å². The number of nitrogens with two attached hydrogens (primary N) is 1. The SMILES string of the molecule is CN1CCN(c2ccc(Nc3ncc(F)c(N)n3)cc2Cl)CC1. The van der Waals surface area contributed by atoms with E-state index in [9.17, 15) is 4.39 Å². The lowest BCUT2D eigenvalue weighted by atomic mass is 10.2. The van der Waals surface area contributed by atoms with Crippen molar-refractivity contribution in [1.29, 1.82) is 0 Å². The van der Waals surface area contributed by atoms with Crippen molar-refractivity contribution in [2.24, 2.45) is 0 Å². The van der Waals surface area contributed by atoms with E-state index in [2.05, 4.69) is 32.1 Å². The van der Waals surface area contributed by atoms with Crippen LogP contribution >= 0.6 is 11.6 Å². The Balaban J connectivity index is 1.75. The van der Waals surface area contributed by atoms with Crippen LogP contribution in [-0.4, -0.2) is 48.1 Å². The van der Waals surface area contributed by atoms with Crippen LogP contribution in [0.1, 0.15) is 0 Å². The molecule has 6 nitrogen and oxygen atoms in total. The highest BCUT2D eigenvalue weighted by Gasteiger charge is 2.16. The third-order valence-corrected chi connectivity index (χ3v) is 4.12. The van der Waals surface area contributed by atoms with Gasteiger partial charge in [0.15, 0.2) is 11.6 Å². The van der Waals surface area contributed by atoms with Crippen LogP contribution in [0.3, 0.4) is 0 Å². The van der Waals surface area contributed by atoms with Crippen molar-refractivity contribution in [2.45, 2.75) is 0 Å². The first-order chi connectivity index (χ1) is 11.0. The maximum Gasteiger partial charge on any atom is 0.229 e. The Morgan fingerprint density at radius 3 is 2.65 bits per heavy atom. The van der Waals surface area contributed by atoms with Crippen LogP contribution in [0.2, 0.25) is 5.02 Å². The minimum Gasteiger partial charge on any atom is -0.381 e. The molecule has 122 valence electrons. The van der Waals surface area contributed by atoms with E-state index < -0.39 is 5.82 Å². The van der Waals surface area contributed by atoms with Gasteiger partial charge in [-0.15, -0.1) is 0 Å². The molecule has 3 N–H and O–H groups in total. The lowest BCUT2D eigenvalue weighted by Crippen LogP contribution is -2.44. The van der Waals surface area contributed by atoms with Crippen molar-refractivity contribution >= 4 is 34.7 Å². The molecule has 2 aromatic rings. The van der Waals surface area contributed by atoms with Crippen LogP contribution in [0.25, 0.3) is 0 Å². The topological polar surface area (TPSA) is 70.3 Å². The summed E-state index contributed by atoms with van der Waals surface area (Å²) in [7, 11) is 2.11. The number of aromatic nitrogens is 2. The van der Waals surface area contributed by atoms with E-state index >= 15 is 0 Å². The number of nitrogen functional groups attached to an aromatic ring is 1. The fourth-order valence-corrected chi connectivity index (χ4v) is 2.76. The first-order valence-electron chi connectivity index (χ1n) is 7.31. The number of likely N-dealkylation sites (N-methyl/N-ethyl adjacent to an activating group) is 1. The molecular formula is C15H18ClFN6. The second-order valence-corrected chi connectivity index (χ2v) is 5.92. The van der Waals surface area contributed by atoms with Gasteiger partial charge in [0.2, 0.25) is 5.95 Å². The third kappa shape index (κ3) is 3.62. The number of piperazine rings is 1. The molecule has 1 aromatic carbocycles. The molecule has 2 heterocycles. The number of nitrogens with one attached hydrogen (secondary N) is 1. The second-order valence-electron chi connectivity index (χ2n) is 5.51. The zero-order valence-electron chi connectivity index (χ0n) is 12.8. The molecule has 0 saturated carbocycles. The highest BCUT2D eigenvalue weighted by Crippen LogP contribution is 2.30. The van der Waals surface area contributed by atoms with Crippen LogP contribution in [0, 0.1) is 5.82 Å². The van der Waals surface area contributed by atoms with E-state index in [0.29, 0.717) is 5.02 Å². The van der Waals surface area contributed by atoms with E-state index in [1.54, 1.807) is 6.07 Å². The Morgan fingerprint density at radius 1 is 1.26 bits per heavy atom. The van der Waals surface area contributed by atoms with Gasteiger partial charge < -0.3 is 20.9 Å². The standard InChI is InChI=1S/C15H18ClFN6/c1-22-4-6-23(7-5-22)13-3-2-10(8-11(13)16)20-15-19-9-12(17)14(18)21-15/h2-3,8-9H,4-7H2,1H3,(H3,18,19,20,21). The van der Waals surface area contributed by atoms with E-state index in [0.717, 1.165) is 43.8 Å². The van der Waals surface area contributed by atoms with E-state index in [-0.39, 0.29) is 11.8 Å². The highest BCUT2D eigenvalue weighted by atomic mass is 35.5. The Bertz CT molecular complexity index is 702. The number of halogens is 2. The second kappa shape index (κ2) is 6.55. The minimum atomic E-state index is -0.640. The third-order valence-electron chi connectivity index (χ3n) is 3.82. The van der Waals surface area contributed by atoms with Gasteiger partial charge in [-0.1, -0.05) is 11.6 Å². The van der Waals surface area contributed by atoms with Gasteiger partial charge in [-0.25, -0.2) is 9.37 Å². The van der Waals surface area contributed by atoms with Crippen molar-refractivity contribution in [2.75, 3.05) is 49.2 Å². The molecule has 0 aliphatic carbocycles. The van der Waals surface area contributed by atoms with Gasteiger partial charge in [0.05, 0.1) is 16.9 Å². The van der Waals surface area contributed by atoms with Gasteiger partial charge in [0, 0.05) is 31.9 Å². The lowest BCUT2D eigenvalue weighted by Gasteiger charge is -2.34.